The maximum atomic E-state index is 11.5. The second kappa shape index (κ2) is 4.59. The van der Waals surface area contributed by atoms with Crippen LogP contribution < -0.4 is 5.56 Å². The first-order chi connectivity index (χ1) is 6.91. The van der Waals surface area contributed by atoms with Crippen LogP contribution in [0, 0.1) is 10.1 Å². The van der Waals surface area contributed by atoms with E-state index in [9.17, 15) is 14.9 Å². The molecule has 0 aliphatic carbocycles. The lowest BCUT2D eigenvalue weighted by Gasteiger charge is -2.04. The molecule has 15 heavy (non-hydrogen) atoms. The van der Waals surface area contributed by atoms with E-state index in [2.05, 4.69) is 22.5 Å². The minimum Gasteiger partial charge on any atom is -0.303 e. The van der Waals surface area contributed by atoms with Crippen molar-refractivity contribution in [2.75, 3.05) is 0 Å². The number of aromatic nitrogens is 1. The summed E-state index contributed by atoms with van der Waals surface area (Å²) in [5, 5.41) is 10.8. The second-order valence-corrected chi connectivity index (χ2v) is 4.20. The van der Waals surface area contributed by atoms with Gasteiger partial charge in [0, 0.05) is 21.8 Å². The van der Waals surface area contributed by atoms with Crippen molar-refractivity contribution in [3.8, 4) is 0 Å². The van der Waals surface area contributed by atoms with E-state index in [1.165, 1.54) is 6.20 Å². The summed E-state index contributed by atoms with van der Waals surface area (Å²) in [5.41, 5.74) is -1.20. The third kappa shape index (κ3) is 2.90. The lowest BCUT2D eigenvalue weighted by atomic mass is 10.4. The molecule has 0 N–H and O–H groups in total. The van der Waals surface area contributed by atoms with E-state index in [0.717, 1.165) is 10.6 Å². The van der Waals surface area contributed by atoms with E-state index in [1.807, 2.05) is 0 Å². The van der Waals surface area contributed by atoms with Crippen molar-refractivity contribution in [3.63, 3.8) is 0 Å². The molecule has 7 heteroatoms. The Labute approximate surface area is 98.3 Å². The molecular formula is C8H6BrClN2O3. The van der Waals surface area contributed by atoms with Crippen LogP contribution in [-0.2, 0) is 6.54 Å². The average Bonchev–Trinajstić information content (AvgIpc) is 2.09. The standard InChI is InChI=1S/C8H6BrClN2O3/c1-5(10)3-11-4-6(9)2-7(8(11)13)12(14)15/h2,4H,1,3H2. The predicted molar refractivity (Wildman–Crippen MR) is 60.0 cm³/mol. The highest BCUT2D eigenvalue weighted by atomic mass is 79.9. The van der Waals surface area contributed by atoms with E-state index in [0.29, 0.717) is 4.47 Å². The van der Waals surface area contributed by atoms with Gasteiger partial charge in [0.2, 0.25) is 0 Å². The van der Waals surface area contributed by atoms with Crippen LogP contribution in [0.2, 0.25) is 0 Å². The SMILES string of the molecule is C=C(Cl)Cn1cc(Br)cc([N+](=O)[O-])c1=O. The Kier molecular flexibility index (Phi) is 3.65. The number of hydrogen-bond acceptors (Lipinski definition) is 3. The zero-order valence-electron chi connectivity index (χ0n) is 7.44. The molecule has 5 nitrogen and oxygen atoms in total. The average molecular weight is 294 g/mol. The first-order valence-corrected chi connectivity index (χ1v) is 4.96. The van der Waals surface area contributed by atoms with Crippen molar-refractivity contribution in [2.45, 2.75) is 6.54 Å². The zero-order chi connectivity index (χ0) is 11.6. The molecule has 0 aromatic carbocycles. The number of allylic oxidation sites excluding steroid dienone is 1. The van der Waals surface area contributed by atoms with Crippen molar-refractivity contribution < 1.29 is 4.92 Å². The Morgan fingerprint density at radius 1 is 1.73 bits per heavy atom. The highest BCUT2D eigenvalue weighted by molar-refractivity contribution is 9.10. The van der Waals surface area contributed by atoms with Crippen LogP contribution in [0.4, 0.5) is 5.69 Å². The number of rotatable bonds is 3. The molecule has 1 heterocycles. The normalized spacial score (nSPS) is 10.0. The van der Waals surface area contributed by atoms with Crippen LogP contribution in [-0.4, -0.2) is 9.49 Å². The Morgan fingerprint density at radius 2 is 2.33 bits per heavy atom. The number of halogens is 2. The largest absolute Gasteiger partial charge is 0.335 e. The number of nitro groups is 1. The molecule has 0 unspecified atom stereocenters. The molecule has 1 aromatic heterocycles. The maximum Gasteiger partial charge on any atom is 0.335 e. The summed E-state index contributed by atoms with van der Waals surface area (Å²) in [4.78, 5) is 21.3. The van der Waals surface area contributed by atoms with Gasteiger partial charge in [-0.05, 0) is 15.9 Å². The van der Waals surface area contributed by atoms with Crippen LogP contribution in [0.15, 0.2) is 33.1 Å². The van der Waals surface area contributed by atoms with Gasteiger partial charge in [0.1, 0.15) is 0 Å². The van der Waals surface area contributed by atoms with E-state index in [4.69, 9.17) is 11.6 Å². The van der Waals surface area contributed by atoms with E-state index >= 15 is 0 Å². The van der Waals surface area contributed by atoms with Crippen LogP contribution >= 0.6 is 27.5 Å². The van der Waals surface area contributed by atoms with Crippen LogP contribution in [0.3, 0.4) is 0 Å². The lowest BCUT2D eigenvalue weighted by molar-refractivity contribution is -0.386. The Balaban J connectivity index is 3.35. The van der Waals surface area contributed by atoms with E-state index < -0.39 is 16.2 Å². The maximum absolute atomic E-state index is 11.5. The van der Waals surface area contributed by atoms with Gasteiger partial charge in [-0.15, -0.1) is 0 Å². The van der Waals surface area contributed by atoms with E-state index in [-0.39, 0.29) is 11.6 Å². The number of nitrogens with zero attached hydrogens (tertiary/aromatic N) is 2. The molecule has 0 aliphatic heterocycles. The van der Waals surface area contributed by atoms with Gasteiger partial charge < -0.3 is 4.57 Å². The quantitative estimate of drug-likeness (QED) is 0.634. The molecule has 0 amide bonds. The van der Waals surface area contributed by atoms with Gasteiger partial charge in [-0.1, -0.05) is 18.2 Å². The summed E-state index contributed by atoms with van der Waals surface area (Å²) >= 11 is 8.60. The highest BCUT2D eigenvalue weighted by Gasteiger charge is 2.15. The van der Waals surface area contributed by atoms with Crippen LogP contribution in [0.25, 0.3) is 0 Å². The molecule has 1 aromatic rings. The molecule has 0 aliphatic rings. The van der Waals surface area contributed by atoms with Crippen molar-refractivity contribution >= 4 is 33.2 Å². The van der Waals surface area contributed by atoms with Crippen LogP contribution in [0.1, 0.15) is 0 Å². The second-order valence-electron chi connectivity index (χ2n) is 2.75. The Hall–Kier alpha value is -1.14. The summed E-state index contributed by atoms with van der Waals surface area (Å²) in [5.74, 6) is 0. The van der Waals surface area contributed by atoms with Gasteiger partial charge in [-0.3, -0.25) is 14.9 Å². The fourth-order valence-corrected chi connectivity index (χ4v) is 1.61. The van der Waals surface area contributed by atoms with Crippen molar-refractivity contribution in [1.29, 1.82) is 0 Å². The molecule has 0 fully saturated rings. The van der Waals surface area contributed by atoms with Gasteiger partial charge in [-0.2, -0.15) is 0 Å². The first kappa shape index (κ1) is 11.9. The number of pyridine rings is 1. The molecule has 1 rings (SSSR count). The lowest BCUT2D eigenvalue weighted by Crippen LogP contribution is -2.22. The minimum absolute atomic E-state index is 0.0423. The summed E-state index contributed by atoms with van der Waals surface area (Å²) in [6.45, 7) is 3.46. The fraction of sp³-hybridized carbons (Fsp3) is 0.125. The highest BCUT2D eigenvalue weighted by Crippen LogP contribution is 2.14. The number of hydrogen-bond donors (Lipinski definition) is 0. The summed E-state index contributed by atoms with van der Waals surface area (Å²) in [7, 11) is 0. The molecule has 80 valence electrons. The van der Waals surface area contributed by atoms with Crippen molar-refractivity contribution in [1.82, 2.24) is 4.57 Å². The van der Waals surface area contributed by atoms with Crippen LogP contribution in [0.5, 0.6) is 0 Å². The minimum atomic E-state index is -0.736. The van der Waals surface area contributed by atoms with Gasteiger partial charge in [0.15, 0.2) is 0 Å². The Bertz CT molecular complexity index is 483. The predicted octanol–water partition coefficient (Wildman–Crippen LogP) is 2.27. The summed E-state index contributed by atoms with van der Waals surface area (Å²) in [6.07, 6.45) is 1.42. The third-order valence-electron chi connectivity index (χ3n) is 1.57. The molecular weight excluding hydrogens is 287 g/mol. The molecule has 0 atom stereocenters. The fourth-order valence-electron chi connectivity index (χ4n) is 1.02. The zero-order valence-corrected chi connectivity index (χ0v) is 9.79. The molecule has 0 radical (unpaired) electrons. The molecule has 0 bridgehead atoms. The van der Waals surface area contributed by atoms with E-state index in [1.54, 1.807) is 0 Å². The van der Waals surface area contributed by atoms with Gasteiger partial charge in [0.25, 0.3) is 0 Å². The smallest absolute Gasteiger partial charge is 0.303 e. The monoisotopic (exact) mass is 292 g/mol. The Morgan fingerprint density at radius 3 is 2.80 bits per heavy atom. The molecule has 0 saturated heterocycles. The molecule has 0 saturated carbocycles. The van der Waals surface area contributed by atoms with Crippen molar-refractivity contribution in [2.24, 2.45) is 0 Å². The summed E-state index contributed by atoms with van der Waals surface area (Å²) in [6, 6.07) is 1.15. The van der Waals surface area contributed by atoms with Gasteiger partial charge in [-0.25, -0.2) is 0 Å². The first-order valence-electron chi connectivity index (χ1n) is 3.79. The van der Waals surface area contributed by atoms with Crippen molar-refractivity contribution in [3.05, 3.63) is 48.8 Å². The topological polar surface area (TPSA) is 65.1 Å². The van der Waals surface area contributed by atoms with Gasteiger partial charge in [0.05, 0.1) is 11.5 Å². The molecule has 0 spiro atoms. The van der Waals surface area contributed by atoms with Gasteiger partial charge >= 0.3 is 11.2 Å². The third-order valence-corrected chi connectivity index (χ3v) is 2.13. The summed E-state index contributed by atoms with van der Waals surface area (Å²) < 4.78 is 1.56.